The van der Waals surface area contributed by atoms with Crippen LogP contribution in [0.4, 0.5) is 13.2 Å². The summed E-state index contributed by atoms with van der Waals surface area (Å²) < 4.78 is 40.7. The molecular weight excluding hydrogens is 257 g/mol. The number of fused-ring (bicyclic) bond motifs is 1. The van der Waals surface area contributed by atoms with Crippen LogP contribution in [-0.2, 0) is 19.3 Å². The van der Waals surface area contributed by atoms with Crippen molar-refractivity contribution in [2.75, 3.05) is 6.54 Å². The Morgan fingerprint density at radius 1 is 1.16 bits per heavy atom. The maximum absolute atomic E-state index is 13.0. The van der Waals surface area contributed by atoms with Crippen molar-refractivity contribution in [1.29, 1.82) is 0 Å². The molecule has 2 aromatic rings. The first-order valence-electron chi connectivity index (χ1n) is 5.87. The van der Waals surface area contributed by atoms with Gasteiger partial charge >= 0.3 is 6.18 Å². The van der Waals surface area contributed by atoms with Gasteiger partial charge in [0.2, 0.25) is 0 Å². The summed E-state index contributed by atoms with van der Waals surface area (Å²) >= 11 is 0. The molecule has 1 aliphatic heterocycles. The van der Waals surface area contributed by atoms with Gasteiger partial charge in [-0.1, -0.05) is 18.2 Å². The normalized spacial score (nSPS) is 15.3. The van der Waals surface area contributed by atoms with Crippen molar-refractivity contribution in [3.05, 3.63) is 35.7 Å². The Bertz CT molecular complexity index is 603. The Kier molecular flexibility index (Phi) is 2.78. The number of nitrogens with one attached hydrogen (secondary N) is 1. The van der Waals surface area contributed by atoms with Crippen LogP contribution in [0, 0.1) is 0 Å². The molecule has 7 heteroatoms. The van der Waals surface area contributed by atoms with E-state index in [1.807, 2.05) is 0 Å². The third-order valence-electron chi connectivity index (χ3n) is 3.10. The number of halogens is 3. The monoisotopic (exact) mass is 268 g/mol. The van der Waals surface area contributed by atoms with E-state index in [9.17, 15) is 13.2 Å². The third-order valence-corrected chi connectivity index (χ3v) is 3.10. The molecule has 1 N–H and O–H groups in total. The highest BCUT2D eigenvalue weighted by molar-refractivity contribution is 5.61. The zero-order valence-corrected chi connectivity index (χ0v) is 9.91. The number of benzene rings is 1. The Morgan fingerprint density at radius 2 is 1.95 bits per heavy atom. The smallest absolute Gasteiger partial charge is 0.309 e. The molecule has 4 nitrogen and oxygen atoms in total. The first-order valence-corrected chi connectivity index (χ1v) is 5.87. The van der Waals surface area contributed by atoms with Crippen LogP contribution in [0.15, 0.2) is 24.3 Å². The van der Waals surface area contributed by atoms with E-state index in [-0.39, 0.29) is 11.4 Å². The molecule has 3 rings (SSSR count). The number of hydrogen-bond acceptors (Lipinski definition) is 3. The van der Waals surface area contributed by atoms with Crippen LogP contribution in [0.25, 0.3) is 11.4 Å². The molecule has 1 aromatic carbocycles. The summed E-state index contributed by atoms with van der Waals surface area (Å²) in [6.07, 6.45) is -4.39. The molecule has 19 heavy (non-hydrogen) atoms. The van der Waals surface area contributed by atoms with E-state index in [1.165, 1.54) is 12.1 Å². The summed E-state index contributed by atoms with van der Waals surface area (Å²) in [7, 11) is 0. The highest BCUT2D eigenvalue weighted by Crippen LogP contribution is 2.36. The lowest BCUT2D eigenvalue weighted by molar-refractivity contribution is -0.137. The van der Waals surface area contributed by atoms with E-state index in [1.54, 1.807) is 10.6 Å². The molecule has 2 heterocycles. The van der Waals surface area contributed by atoms with Crippen LogP contribution >= 0.6 is 0 Å². The maximum atomic E-state index is 13.0. The number of alkyl halides is 3. The second-order valence-corrected chi connectivity index (χ2v) is 4.31. The maximum Gasteiger partial charge on any atom is 0.417 e. The quantitative estimate of drug-likeness (QED) is 0.861. The predicted octanol–water partition coefficient (Wildman–Crippen LogP) is 2.07. The molecule has 0 spiro atoms. The minimum Gasteiger partial charge on any atom is -0.309 e. The van der Waals surface area contributed by atoms with Gasteiger partial charge in [0, 0.05) is 18.7 Å². The summed E-state index contributed by atoms with van der Waals surface area (Å²) in [6, 6.07) is 5.45. The molecule has 1 aliphatic rings. The first-order chi connectivity index (χ1) is 9.07. The predicted molar refractivity (Wildman–Crippen MR) is 62.2 cm³/mol. The molecule has 0 amide bonds. The second kappa shape index (κ2) is 4.34. The minimum absolute atomic E-state index is 0.0793. The summed E-state index contributed by atoms with van der Waals surface area (Å²) in [5.41, 5.74) is -0.598. The van der Waals surface area contributed by atoms with Gasteiger partial charge in [0.25, 0.3) is 0 Å². The summed E-state index contributed by atoms with van der Waals surface area (Å²) in [5.74, 6) is 0.947. The highest BCUT2D eigenvalue weighted by atomic mass is 19.4. The van der Waals surface area contributed by atoms with Gasteiger partial charge in [-0.3, -0.25) is 0 Å². The molecule has 0 saturated heterocycles. The zero-order valence-electron chi connectivity index (χ0n) is 9.91. The number of aromatic nitrogens is 3. The van der Waals surface area contributed by atoms with Crippen molar-refractivity contribution in [3.8, 4) is 11.4 Å². The molecule has 0 saturated carbocycles. The summed E-state index contributed by atoms with van der Waals surface area (Å²) in [5, 5.41) is 11.0. The van der Waals surface area contributed by atoms with Crippen molar-refractivity contribution < 1.29 is 13.2 Å². The lowest BCUT2D eigenvalue weighted by atomic mass is 10.1. The van der Waals surface area contributed by atoms with E-state index in [4.69, 9.17) is 0 Å². The number of hydrogen-bond donors (Lipinski definition) is 1. The topological polar surface area (TPSA) is 42.7 Å². The van der Waals surface area contributed by atoms with Gasteiger partial charge in [0.1, 0.15) is 5.82 Å². The fourth-order valence-corrected chi connectivity index (χ4v) is 2.22. The van der Waals surface area contributed by atoms with E-state index >= 15 is 0 Å². The molecule has 0 radical (unpaired) electrons. The second-order valence-electron chi connectivity index (χ2n) is 4.31. The Balaban J connectivity index is 2.15. The van der Waals surface area contributed by atoms with Gasteiger partial charge < -0.3 is 9.88 Å². The fraction of sp³-hybridized carbons (Fsp3) is 0.333. The molecule has 1 aromatic heterocycles. The molecule has 100 valence electrons. The van der Waals surface area contributed by atoms with E-state index in [0.717, 1.165) is 6.07 Å². The van der Waals surface area contributed by atoms with Crippen molar-refractivity contribution in [1.82, 2.24) is 20.1 Å². The van der Waals surface area contributed by atoms with Crippen LogP contribution in [0.1, 0.15) is 11.4 Å². The van der Waals surface area contributed by atoms with Gasteiger partial charge in [-0.15, -0.1) is 10.2 Å². The van der Waals surface area contributed by atoms with Crippen LogP contribution in [0.3, 0.4) is 0 Å². The number of rotatable bonds is 1. The van der Waals surface area contributed by atoms with E-state index in [2.05, 4.69) is 15.5 Å². The van der Waals surface area contributed by atoms with Gasteiger partial charge in [0.15, 0.2) is 5.82 Å². The van der Waals surface area contributed by atoms with Gasteiger partial charge in [0.05, 0.1) is 12.1 Å². The van der Waals surface area contributed by atoms with Gasteiger partial charge in [-0.25, -0.2) is 0 Å². The molecule has 0 bridgehead atoms. The molecular formula is C12H11F3N4. The molecule has 0 unspecified atom stereocenters. The first kappa shape index (κ1) is 12.2. The highest BCUT2D eigenvalue weighted by Gasteiger charge is 2.35. The average Bonchev–Trinajstić information content (AvgIpc) is 2.81. The Labute approximate surface area is 107 Å². The number of nitrogens with zero attached hydrogens (tertiary/aromatic N) is 3. The lowest BCUT2D eigenvalue weighted by Crippen LogP contribution is -2.28. The van der Waals surface area contributed by atoms with Crippen LogP contribution < -0.4 is 5.32 Å². The minimum atomic E-state index is -4.39. The molecule has 0 aliphatic carbocycles. The Hall–Kier alpha value is -1.89. The van der Waals surface area contributed by atoms with Crippen molar-refractivity contribution in [2.24, 2.45) is 0 Å². The van der Waals surface area contributed by atoms with Crippen molar-refractivity contribution >= 4 is 0 Å². The van der Waals surface area contributed by atoms with Crippen LogP contribution in [-0.4, -0.2) is 21.3 Å². The van der Waals surface area contributed by atoms with Gasteiger partial charge in [-0.05, 0) is 6.07 Å². The van der Waals surface area contributed by atoms with Crippen LogP contribution in [0.5, 0.6) is 0 Å². The van der Waals surface area contributed by atoms with Crippen LogP contribution in [0.2, 0.25) is 0 Å². The van der Waals surface area contributed by atoms with E-state index < -0.39 is 11.7 Å². The zero-order chi connectivity index (χ0) is 13.5. The lowest BCUT2D eigenvalue weighted by Gasteiger charge is -2.17. The fourth-order valence-electron chi connectivity index (χ4n) is 2.22. The summed E-state index contributed by atoms with van der Waals surface area (Å²) in [4.78, 5) is 0. The average molecular weight is 268 g/mol. The van der Waals surface area contributed by atoms with Gasteiger partial charge in [-0.2, -0.15) is 13.2 Å². The van der Waals surface area contributed by atoms with E-state index in [0.29, 0.717) is 25.5 Å². The summed E-state index contributed by atoms with van der Waals surface area (Å²) in [6.45, 7) is 1.80. The van der Waals surface area contributed by atoms with Crippen molar-refractivity contribution in [3.63, 3.8) is 0 Å². The molecule has 0 atom stereocenters. The van der Waals surface area contributed by atoms with Crippen molar-refractivity contribution in [2.45, 2.75) is 19.3 Å². The standard InChI is InChI=1S/C12H11F3N4/c13-12(14,15)9-4-2-1-3-8(9)11-18-17-10-7-16-5-6-19(10)11/h1-4,16H,5-7H2. The molecule has 0 fully saturated rings. The SMILES string of the molecule is FC(F)(F)c1ccccc1-c1nnc2n1CCNC2. The Morgan fingerprint density at radius 3 is 2.74 bits per heavy atom. The largest absolute Gasteiger partial charge is 0.417 e. The third kappa shape index (κ3) is 2.10.